The van der Waals surface area contributed by atoms with Gasteiger partial charge in [-0.25, -0.2) is 9.50 Å². The second kappa shape index (κ2) is 7.95. The van der Waals surface area contributed by atoms with Crippen molar-refractivity contribution in [3.63, 3.8) is 0 Å². The van der Waals surface area contributed by atoms with Gasteiger partial charge < -0.3 is 5.32 Å². The summed E-state index contributed by atoms with van der Waals surface area (Å²) in [6.07, 6.45) is 3.38. The first kappa shape index (κ1) is 18.5. The molecule has 0 saturated heterocycles. The fourth-order valence-corrected chi connectivity index (χ4v) is 3.40. The fraction of sp³-hybridized carbons (Fsp3) is 0.368. The average Bonchev–Trinajstić information content (AvgIpc) is 3.09. The standard InChI is InChI=1S/C19H22BrN5O/c1-4-17(14-5-7-15(20)8-6-14)24-18(26)10-9-16-12(2)23-19-21-11-22-25(19)13(16)3/h5-8,11,17H,4,9-10H2,1-3H3,(H,24,26). The summed E-state index contributed by atoms with van der Waals surface area (Å²) in [5.74, 6) is 0.631. The van der Waals surface area contributed by atoms with Crippen LogP contribution in [0.5, 0.6) is 0 Å². The van der Waals surface area contributed by atoms with Crippen LogP contribution in [0.1, 0.15) is 48.3 Å². The van der Waals surface area contributed by atoms with E-state index < -0.39 is 0 Å². The van der Waals surface area contributed by atoms with Crippen LogP contribution >= 0.6 is 15.9 Å². The Hall–Kier alpha value is -2.28. The van der Waals surface area contributed by atoms with Crippen LogP contribution in [0.25, 0.3) is 5.78 Å². The normalized spacial score (nSPS) is 12.3. The zero-order chi connectivity index (χ0) is 18.7. The lowest BCUT2D eigenvalue weighted by Crippen LogP contribution is -2.28. The molecule has 26 heavy (non-hydrogen) atoms. The van der Waals surface area contributed by atoms with Crippen molar-refractivity contribution in [2.75, 3.05) is 0 Å². The number of hydrogen-bond acceptors (Lipinski definition) is 4. The molecule has 7 heteroatoms. The quantitative estimate of drug-likeness (QED) is 0.665. The lowest BCUT2D eigenvalue weighted by Gasteiger charge is -2.18. The Morgan fingerprint density at radius 1 is 1.27 bits per heavy atom. The van der Waals surface area contributed by atoms with Gasteiger partial charge >= 0.3 is 0 Å². The first-order chi connectivity index (χ1) is 12.5. The first-order valence-electron chi connectivity index (χ1n) is 8.70. The van der Waals surface area contributed by atoms with E-state index in [9.17, 15) is 4.79 Å². The van der Waals surface area contributed by atoms with Crippen LogP contribution in [0, 0.1) is 13.8 Å². The van der Waals surface area contributed by atoms with E-state index in [1.54, 1.807) is 4.52 Å². The van der Waals surface area contributed by atoms with Gasteiger partial charge in [0.15, 0.2) is 0 Å². The molecule has 1 aromatic carbocycles. The van der Waals surface area contributed by atoms with Crippen molar-refractivity contribution >= 4 is 27.6 Å². The smallest absolute Gasteiger partial charge is 0.252 e. The molecule has 1 atom stereocenters. The van der Waals surface area contributed by atoms with E-state index in [2.05, 4.69) is 43.2 Å². The molecule has 0 radical (unpaired) electrons. The van der Waals surface area contributed by atoms with Gasteiger partial charge in [0.2, 0.25) is 5.91 Å². The van der Waals surface area contributed by atoms with Gasteiger partial charge in [-0.05, 0) is 49.9 Å². The fourth-order valence-electron chi connectivity index (χ4n) is 3.14. The Kier molecular flexibility index (Phi) is 5.66. The Balaban J connectivity index is 1.67. The van der Waals surface area contributed by atoms with E-state index in [-0.39, 0.29) is 11.9 Å². The van der Waals surface area contributed by atoms with Gasteiger partial charge in [0.25, 0.3) is 5.78 Å². The molecule has 0 aliphatic rings. The maximum Gasteiger partial charge on any atom is 0.252 e. The van der Waals surface area contributed by atoms with E-state index in [4.69, 9.17) is 0 Å². The zero-order valence-electron chi connectivity index (χ0n) is 15.2. The monoisotopic (exact) mass is 415 g/mol. The van der Waals surface area contributed by atoms with E-state index >= 15 is 0 Å². The van der Waals surface area contributed by atoms with Crippen molar-refractivity contribution in [1.29, 1.82) is 0 Å². The third-order valence-corrected chi connectivity index (χ3v) is 5.14. The van der Waals surface area contributed by atoms with Crippen LogP contribution in [0.2, 0.25) is 0 Å². The number of carbonyl (C=O) groups excluding carboxylic acids is 1. The lowest BCUT2D eigenvalue weighted by molar-refractivity contribution is -0.121. The second-order valence-electron chi connectivity index (χ2n) is 6.31. The highest BCUT2D eigenvalue weighted by Gasteiger charge is 2.15. The van der Waals surface area contributed by atoms with Crippen LogP contribution in [0.3, 0.4) is 0 Å². The highest BCUT2D eigenvalue weighted by molar-refractivity contribution is 9.10. The molecule has 0 bridgehead atoms. The molecule has 0 aliphatic carbocycles. The Bertz CT molecular complexity index is 920. The van der Waals surface area contributed by atoms with Crippen LogP contribution in [0.15, 0.2) is 35.1 Å². The van der Waals surface area contributed by atoms with Gasteiger partial charge in [-0.2, -0.15) is 10.1 Å². The van der Waals surface area contributed by atoms with Crippen LogP contribution in [0.4, 0.5) is 0 Å². The molecule has 0 fully saturated rings. The molecule has 3 aromatic rings. The maximum atomic E-state index is 12.5. The van der Waals surface area contributed by atoms with Crippen molar-refractivity contribution in [2.24, 2.45) is 0 Å². The maximum absolute atomic E-state index is 12.5. The molecule has 2 heterocycles. The number of nitrogens with one attached hydrogen (secondary N) is 1. The number of amides is 1. The van der Waals surface area contributed by atoms with E-state index in [1.807, 2.05) is 38.1 Å². The van der Waals surface area contributed by atoms with Gasteiger partial charge in [0.1, 0.15) is 6.33 Å². The molecule has 3 rings (SSSR count). The van der Waals surface area contributed by atoms with Gasteiger partial charge in [0, 0.05) is 22.3 Å². The third-order valence-electron chi connectivity index (χ3n) is 4.61. The predicted octanol–water partition coefficient (Wildman–Crippen LogP) is 3.70. The van der Waals surface area contributed by atoms with Crippen molar-refractivity contribution in [3.05, 3.63) is 57.6 Å². The highest BCUT2D eigenvalue weighted by atomic mass is 79.9. The van der Waals surface area contributed by atoms with Crippen molar-refractivity contribution in [1.82, 2.24) is 24.9 Å². The minimum atomic E-state index is 0.0220. The number of hydrogen-bond donors (Lipinski definition) is 1. The van der Waals surface area contributed by atoms with Crippen molar-refractivity contribution < 1.29 is 4.79 Å². The zero-order valence-corrected chi connectivity index (χ0v) is 16.7. The second-order valence-corrected chi connectivity index (χ2v) is 7.23. The average molecular weight is 416 g/mol. The SMILES string of the molecule is CCC(NC(=O)CCc1c(C)nc2ncnn2c1C)c1ccc(Br)cc1. The van der Waals surface area contributed by atoms with E-state index in [0.29, 0.717) is 18.6 Å². The summed E-state index contributed by atoms with van der Waals surface area (Å²) < 4.78 is 2.75. The molecule has 2 aromatic heterocycles. The summed E-state index contributed by atoms with van der Waals surface area (Å²) in [6, 6.07) is 8.09. The Morgan fingerprint density at radius 3 is 2.69 bits per heavy atom. The van der Waals surface area contributed by atoms with E-state index in [1.165, 1.54) is 6.33 Å². The molecule has 1 N–H and O–H groups in total. The topological polar surface area (TPSA) is 72.2 Å². The molecule has 1 unspecified atom stereocenters. The highest BCUT2D eigenvalue weighted by Crippen LogP contribution is 2.20. The number of rotatable bonds is 6. The molecule has 0 spiro atoms. The number of halogens is 1. The molecule has 136 valence electrons. The summed E-state index contributed by atoms with van der Waals surface area (Å²) in [4.78, 5) is 21.1. The number of fused-ring (bicyclic) bond motifs is 1. The number of carbonyl (C=O) groups is 1. The minimum absolute atomic E-state index is 0.0220. The summed E-state index contributed by atoms with van der Waals surface area (Å²) in [5, 5.41) is 7.33. The summed E-state index contributed by atoms with van der Waals surface area (Å²) in [7, 11) is 0. The molecule has 1 amide bonds. The van der Waals surface area contributed by atoms with Gasteiger partial charge in [-0.15, -0.1) is 0 Å². The van der Waals surface area contributed by atoms with Gasteiger partial charge in [0.05, 0.1) is 6.04 Å². The number of benzene rings is 1. The Morgan fingerprint density at radius 2 is 2.00 bits per heavy atom. The number of aryl methyl sites for hydroxylation is 2. The van der Waals surface area contributed by atoms with Crippen molar-refractivity contribution in [2.45, 2.75) is 46.1 Å². The minimum Gasteiger partial charge on any atom is -0.349 e. The summed E-state index contributed by atoms with van der Waals surface area (Å²) in [6.45, 7) is 6.01. The first-order valence-corrected chi connectivity index (χ1v) is 9.49. The molecular formula is C19H22BrN5O. The summed E-state index contributed by atoms with van der Waals surface area (Å²) in [5.41, 5.74) is 4.05. The van der Waals surface area contributed by atoms with Crippen LogP contribution < -0.4 is 5.32 Å². The van der Waals surface area contributed by atoms with Crippen LogP contribution in [-0.4, -0.2) is 25.5 Å². The number of nitrogens with zero attached hydrogens (tertiary/aromatic N) is 4. The summed E-state index contributed by atoms with van der Waals surface area (Å²) >= 11 is 3.44. The third kappa shape index (κ3) is 3.93. The Labute approximate surface area is 161 Å². The van der Waals surface area contributed by atoms with Crippen molar-refractivity contribution in [3.8, 4) is 0 Å². The molecular weight excluding hydrogens is 394 g/mol. The molecule has 0 aliphatic heterocycles. The molecule has 6 nitrogen and oxygen atoms in total. The van der Waals surface area contributed by atoms with Gasteiger partial charge in [-0.1, -0.05) is 35.0 Å². The predicted molar refractivity (Wildman–Crippen MR) is 104 cm³/mol. The largest absolute Gasteiger partial charge is 0.349 e. The van der Waals surface area contributed by atoms with Gasteiger partial charge in [-0.3, -0.25) is 4.79 Å². The van der Waals surface area contributed by atoms with E-state index in [0.717, 1.165) is 33.4 Å². The molecule has 0 saturated carbocycles. The van der Waals surface area contributed by atoms with Crippen LogP contribution in [-0.2, 0) is 11.2 Å². The number of aromatic nitrogens is 4. The lowest BCUT2D eigenvalue weighted by atomic mass is 10.0.